The molecule has 2 aliphatic rings. The van der Waals surface area contributed by atoms with Crippen LogP contribution in [-0.4, -0.2) is 39.9 Å². The number of pyridine rings is 4. The fraction of sp³-hybridized carbons (Fsp3) is 0. The number of para-hydroxylation sites is 8. The molecule has 0 radical (unpaired) electrons. The molecule has 0 atom stereocenters. The molecule has 0 spiro atoms. The highest BCUT2D eigenvalue weighted by Gasteiger charge is 2.29. The van der Waals surface area contributed by atoms with Gasteiger partial charge in [0.15, 0.2) is 34.6 Å². The Hall–Kier alpha value is -10.7. The molecule has 12 nitrogen and oxygen atoms in total. The maximum Gasteiger partial charge on any atom is 0.160 e. The van der Waals surface area contributed by atoms with Gasteiger partial charge >= 0.3 is 0 Å². The van der Waals surface area contributed by atoms with E-state index in [9.17, 15) is 0 Å². The van der Waals surface area contributed by atoms with Crippen LogP contribution in [0.5, 0.6) is 23.0 Å². The summed E-state index contributed by atoms with van der Waals surface area (Å²) in [6.45, 7) is 0. The monoisotopic (exact) mass is 980 g/mol. The van der Waals surface area contributed by atoms with Crippen molar-refractivity contribution in [3.05, 3.63) is 243 Å². The summed E-state index contributed by atoms with van der Waals surface area (Å²) in [5.41, 5.74) is 14.3. The van der Waals surface area contributed by atoms with E-state index in [1.807, 2.05) is 158 Å². The minimum Gasteiger partial charge on any atom is -0.453 e. The maximum absolute atomic E-state index is 6.56. The first-order chi connectivity index (χ1) is 37.6. The summed E-state index contributed by atoms with van der Waals surface area (Å²) in [7, 11) is 0. The maximum atomic E-state index is 6.56. The predicted molar refractivity (Wildman–Crippen MR) is 296 cm³/mol. The van der Waals surface area contributed by atoms with Crippen molar-refractivity contribution in [2.24, 2.45) is 0 Å². The van der Waals surface area contributed by atoms with E-state index in [2.05, 4.69) is 80.4 Å². The molecule has 0 fully saturated rings. The lowest BCUT2D eigenvalue weighted by Gasteiger charge is -2.34. The normalized spacial score (nSPS) is 12.1. The highest BCUT2D eigenvalue weighted by Crippen LogP contribution is 2.53. The lowest BCUT2D eigenvalue weighted by atomic mass is 9.96. The molecule has 0 aliphatic carbocycles. The molecule has 2 aliphatic heterocycles. The molecule has 0 saturated carbocycles. The van der Waals surface area contributed by atoms with E-state index in [1.165, 1.54) is 0 Å². The SMILES string of the molecule is c1ccc(-c2cc(-c3cccnc3)nc(-c3cc(-c4cc(-c5nc(-c6cccnc6)cc(-c6ccccn6)n5)cc(N5c6ccccc6Oc6ccccc65)c4)cc(N4c5ccccc5Oc5ccccc54)c3)n2)nc1. The summed E-state index contributed by atoms with van der Waals surface area (Å²) in [6.07, 6.45) is 10.7. The van der Waals surface area contributed by atoms with Gasteiger partial charge in [0.2, 0.25) is 0 Å². The molecule has 8 heterocycles. The molecule has 358 valence electrons. The van der Waals surface area contributed by atoms with Crippen molar-refractivity contribution in [2.75, 3.05) is 9.80 Å². The number of fused-ring (bicyclic) bond motifs is 4. The molecule has 76 heavy (non-hydrogen) atoms. The van der Waals surface area contributed by atoms with Crippen LogP contribution in [0.15, 0.2) is 243 Å². The Labute approximate surface area is 437 Å². The number of hydrogen-bond donors (Lipinski definition) is 0. The van der Waals surface area contributed by atoms with Crippen LogP contribution in [0.1, 0.15) is 0 Å². The molecule has 0 amide bonds. The van der Waals surface area contributed by atoms with E-state index < -0.39 is 0 Å². The summed E-state index contributed by atoms with van der Waals surface area (Å²) < 4.78 is 13.1. The van der Waals surface area contributed by atoms with Gasteiger partial charge in [0.05, 0.1) is 56.9 Å². The number of aromatic nitrogens is 8. The molecule has 0 bridgehead atoms. The average molecular weight is 981 g/mol. The second-order valence-electron chi connectivity index (χ2n) is 18.1. The van der Waals surface area contributed by atoms with Crippen molar-refractivity contribution < 1.29 is 9.47 Å². The Morgan fingerprint density at radius 2 is 0.645 bits per heavy atom. The fourth-order valence-electron chi connectivity index (χ4n) is 9.81. The van der Waals surface area contributed by atoms with Crippen LogP contribution in [0.25, 0.3) is 79.2 Å². The van der Waals surface area contributed by atoms with Crippen molar-refractivity contribution in [3.8, 4) is 102 Å². The van der Waals surface area contributed by atoms with Gasteiger partial charge in [-0.2, -0.15) is 0 Å². The second kappa shape index (κ2) is 18.7. The zero-order valence-corrected chi connectivity index (χ0v) is 40.4. The van der Waals surface area contributed by atoms with Gasteiger partial charge in [0.25, 0.3) is 0 Å². The quantitative estimate of drug-likeness (QED) is 0.137. The predicted octanol–water partition coefficient (Wildman–Crippen LogP) is 15.7. The largest absolute Gasteiger partial charge is 0.453 e. The Morgan fingerprint density at radius 3 is 1.01 bits per heavy atom. The number of hydrogen-bond acceptors (Lipinski definition) is 12. The highest BCUT2D eigenvalue weighted by molar-refractivity contribution is 5.93. The molecule has 0 N–H and O–H groups in total. The third kappa shape index (κ3) is 8.17. The minimum absolute atomic E-state index is 0.500. The Bertz CT molecular complexity index is 3670. The molecule has 0 saturated heterocycles. The van der Waals surface area contributed by atoms with Gasteiger partial charge in [-0.3, -0.25) is 19.9 Å². The Balaban J connectivity index is 1.05. The van der Waals surface area contributed by atoms with Crippen LogP contribution in [0.3, 0.4) is 0 Å². The lowest BCUT2D eigenvalue weighted by Crippen LogP contribution is -2.16. The van der Waals surface area contributed by atoms with Crippen molar-refractivity contribution in [1.82, 2.24) is 39.9 Å². The molecule has 0 unspecified atom stereocenters. The summed E-state index contributed by atoms with van der Waals surface area (Å²) in [6, 6.07) is 68.8. The van der Waals surface area contributed by atoms with Crippen LogP contribution in [0, 0.1) is 0 Å². The molecular formula is C64H40N10O2. The van der Waals surface area contributed by atoms with Crippen LogP contribution < -0.4 is 19.3 Å². The van der Waals surface area contributed by atoms with Crippen LogP contribution in [-0.2, 0) is 0 Å². The van der Waals surface area contributed by atoms with E-state index in [0.29, 0.717) is 45.8 Å². The van der Waals surface area contributed by atoms with Crippen molar-refractivity contribution >= 4 is 34.1 Å². The summed E-state index contributed by atoms with van der Waals surface area (Å²) in [5.74, 6) is 3.90. The summed E-state index contributed by atoms with van der Waals surface area (Å²) in [4.78, 5) is 44.1. The van der Waals surface area contributed by atoms with Crippen LogP contribution >= 0.6 is 0 Å². The standard InChI is InChI=1S/C64H40N10O2/c1-5-23-59-55(19-1)73(56-20-2-6-24-60(56)75-59)47-33-43(31-45(35-47)63-69-51(41-15-13-27-65-39-41)37-53(71-63)49-17-9-11-29-67-49)44-32-46(36-48(34-44)74-57-21-3-7-25-61(57)76-62-26-8-4-22-58(62)74)64-70-52(42-16-14-28-66-40-42)38-54(72-64)50-18-10-12-30-68-50/h1-40H. The highest BCUT2D eigenvalue weighted by atomic mass is 16.5. The molecule has 14 rings (SSSR count). The van der Waals surface area contributed by atoms with E-state index in [0.717, 1.165) is 90.5 Å². The second-order valence-corrected chi connectivity index (χ2v) is 18.1. The minimum atomic E-state index is 0.500. The first kappa shape index (κ1) is 44.0. The number of anilines is 6. The number of rotatable bonds is 9. The lowest BCUT2D eigenvalue weighted by molar-refractivity contribution is 0.476. The molecule has 6 aromatic heterocycles. The van der Waals surface area contributed by atoms with Crippen LogP contribution in [0.4, 0.5) is 34.1 Å². The van der Waals surface area contributed by atoms with Crippen molar-refractivity contribution in [2.45, 2.75) is 0 Å². The van der Waals surface area contributed by atoms with E-state index >= 15 is 0 Å². The topological polar surface area (TPSA) is 128 Å². The summed E-state index contributed by atoms with van der Waals surface area (Å²) in [5, 5.41) is 0. The molecule has 12 aromatic rings. The van der Waals surface area contributed by atoms with Gasteiger partial charge in [-0.25, -0.2) is 19.9 Å². The molecule has 6 aromatic carbocycles. The Kier molecular flexibility index (Phi) is 10.8. The van der Waals surface area contributed by atoms with Gasteiger partial charge in [-0.1, -0.05) is 60.7 Å². The van der Waals surface area contributed by atoms with E-state index in [1.54, 1.807) is 24.8 Å². The zero-order chi connectivity index (χ0) is 50.4. The average Bonchev–Trinajstić information content (AvgIpc) is 3.55. The smallest absolute Gasteiger partial charge is 0.160 e. The van der Waals surface area contributed by atoms with Crippen molar-refractivity contribution in [3.63, 3.8) is 0 Å². The molecular weight excluding hydrogens is 941 g/mol. The van der Waals surface area contributed by atoms with Gasteiger partial charge in [0, 0.05) is 70.8 Å². The van der Waals surface area contributed by atoms with Gasteiger partial charge in [-0.15, -0.1) is 0 Å². The summed E-state index contributed by atoms with van der Waals surface area (Å²) >= 11 is 0. The number of ether oxygens (including phenoxy) is 2. The van der Waals surface area contributed by atoms with Gasteiger partial charge < -0.3 is 19.3 Å². The number of benzene rings is 6. The van der Waals surface area contributed by atoms with Gasteiger partial charge in [-0.05, 0) is 157 Å². The Morgan fingerprint density at radius 1 is 0.276 bits per heavy atom. The first-order valence-electron chi connectivity index (χ1n) is 24.7. The van der Waals surface area contributed by atoms with E-state index in [4.69, 9.17) is 39.4 Å². The van der Waals surface area contributed by atoms with Crippen LogP contribution in [0.2, 0.25) is 0 Å². The third-order valence-corrected chi connectivity index (χ3v) is 13.3. The first-order valence-corrected chi connectivity index (χ1v) is 24.7. The van der Waals surface area contributed by atoms with Crippen molar-refractivity contribution in [1.29, 1.82) is 0 Å². The molecule has 12 heteroatoms. The zero-order valence-electron chi connectivity index (χ0n) is 40.4. The third-order valence-electron chi connectivity index (χ3n) is 13.3. The fourth-order valence-corrected chi connectivity index (χ4v) is 9.81. The van der Waals surface area contributed by atoms with E-state index in [-0.39, 0.29) is 0 Å². The van der Waals surface area contributed by atoms with Gasteiger partial charge in [0.1, 0.15) is 0 Å². The number of nitrogens with zero attached hydrogens (tertiary/aromatic N) is 10.